The average molecular weight is 388 g/mol. The molecule has 0 amide bonds. The van der Waals surface area contributed by atoms with Crippen LogP contribution in [0.3, 0.4) is 0 Å². The molecule has 2 heteroatoms. The van der Waals surface area contributed by atoms with Crippen LogP contribution < -0.4 is 10.1 Å². The summed E-state index contributed by atoms with van der Waals surface area (Å²) >= 11 is 0. The van der Waals surface area contributed by atoms with Gasteiger partial charge in [-0.05, 0) is 69.5 Å². The zero-order valence-electron chi connectivity index (χ0n) is 18.1. The van der Waals surface area contributed by atoms with Gasteiger partial charge in [0.2, 0.25) is 0 Å². The molecule has 2 unspecified atom stereocenters. The highest BCUT2D eigenvalue weighted by Crippen LogP contribution is 2.30. The zero-order chi connectivity index (χ0) is 20.6. The van der Waals surface area contributed by atoms with Gasteiger partial charge in [0.05, 0.1) is 6.10 Å². The molecule has 0 heterocycles. The SMILES string of the molecule is Cc1ccc(C(CCNC(C)c2ccccc2)c2ccc(OC(C)C)cc2)cc1. The molecule has 0 aliphatic carbocycles. The molecule has 0 bridgehead atoms. The molecule has 0 aliphatic rings. The first kappa shape index (κ1) is 21.1. The van der Waals surface area contributed by atoms with Gasteiger partial charge in [-0.25, -0.2) is 0 Å². The summed E-state index contributed by atoms with van der Waals surface area (Å²) < 4.78 is 5.82. The normalized spacial score (nSPS) is 13.3. The van der Waals surface area contributed by atoms with E-state index in [0.717, 1.165) is 18.7 Å². The van der Waals surface area contributed by atoms with Crippen molar-refractivity contribution in [2.24, 2.45) is 0 Å². The predicted molar refractivity (Wildman–Crippen MR) is 123 cm³/mol. The van der Waals surface area contributed by atoms with Crippen molar-refractivity contribution in [3.63, 3.8) is 0 Å². The first-order chi connectivity index (χ1) is 14.0. The molecule has 2 nitrogen and oxygen atoms in total. The van der Waals surface area contributed by atoms with E-state index < -0.39 is 0 Å². The fraction of sp³-hybridized carbons (Fsp3) is 0.333. The van der Waals surface area contributed by atoms with E-state index in [-0.39, 0.29) is 6.10 Å². The molecule has 0 aliphatic heterocycles. The second kappa shape index (κ2) is 10.3. The van der Waals surface area contributed by atoms with Gasteiger partial charge in [-0.1, -0.05) is 72.3 Å². The highest BCUT2D eigenvalue weighted by molar-refractivity contribution is 5.37. The number of aryl methyl sites for hydroxylation is 1. The molecule has 0 saturated carbocycles. The average Bonchev–Trinajstić information content (AvgIpc) is 2.73. The second-order valence-electron chi connectivity index (χ2n) is 8.07. The summed E-state index contributed by atoms with van der Waals surface area (Å²) in [5.41, 5.74) is 5.32. The highest BCUT2D eigenvalue weighted by Gasteiger charge is 2.15. The van der Waals surface area contributed by atoms with Gasteiger partial charge in [0.1, 0.15) is 5.75 Å². The molecular weight excluding hydrogens is 354 g/mol. The van der Waals surface area contributed by atoms with Crippen LogP contribution >= 0.6 is 0 Å². The smallest absolute Gasteiger partial charge is 0.119 e. The maximum Gasteiger partial charge on any atom is 0.119 e. The molecule has 0 aromatic heterocycles. The highest BCUT2D eigenvalue weighted by atomic mass is 16.5. The minimum absolute atomic E-state index is 0.192. The number of hydrogen-bond acceptors (Lipinski definition) is 2. The van der Waals surface area contributed by atoms with Crippen molar-refractivity contribution in [2.75, 3.05) is 6.54 Å². The largest absolute Gasteiger partial charge is 0.491 e. The Balaban J connectivity index is 1.72. The quantitative estimate of drug-likeness (QED) is 0.443. The maximum atomic E-state index is 5.82. The lowest BCUT2D eigenvalue weighted by Crippen LogP contribution is -2.21. The van der Waals surface area contributed by atoms with E-state index >= 15 is 0 Å². The van der Waals surface area contributed by atoms with Crippen LogP contribution in [-0.4, -0.2) is 12.6 Å². The Bertz CT molecular complexity index is 853. The number of rotatable bonds is 9. The monoisotopic (exact) mass is 387 g/mol. The molecular formula is C27H33NO. The van der Waals surface area contributed by atoms with Crippen LogP contribution in [0.25, 0.3) is 0 Å². The molecule has 0 spiro atoms. The molecule has 0 saturated heterocycles. The van der Waals surface area contributed by atoms with Crippen LogP contribution in [0.1, 0.15) is 61.4 Å². The van der Waals surface area contributed by atoms with Gasteiger partial charge in [0.25, 0.3) is 0 Å². The second-order valence-corrected chi connectivity index (χ2v) is 8.07. The third-order valence-corrected chi connectivity index (χ3v) is 5.32. The van der Waals surface area contributed by atoms with Crippen molar-refractivity contribution >= 4 is 0 Å². The van der Waals surface area contributed by atoms with E-state index in [9.17, 15) is 0 Å². The molecule has 0 radical (unpaired) electrons. The third kappa shape index (κ3) is 6.20. The van der Waals surface area contributed by atoms with Crippen molar-refractivity contribution < 1.29 is 4.74 Å². The standard InChI is InChI=1S/C27H33NO/c1-20(2)29-26-16-14-25(15-17-26)27(24-12-10-21(3)11-13-24)18-19-28-22(4)23-8-6-5-7-9-23/h5-17,20,22,27-28H,18-19H2,1-4H3. The summed E-state index contributed by atoms with van der Waals surface area (Å²) in [6.45, 7) is 9.44. The maximum absolute atomic E-state index is 5.82. The van der Waals surface area contributed by atoms with Crippen LogP contribution in [0.15, 0.2) is 78.9 Å². The Morgan fingerprint density at radius 3 is 1.90 bits per heavy atom. The first-order valence-corrected chi connectivity index (χ1v) is 10.6. The summed E-state index contributed by atoms with van der Waals surface area (Å²) in [7, 11) is 0. The molecule has 152 valence electrons. The van der Waals surface area contributed by atoms with E-state index in [4.69, 9.17) is 4.74 Å². The van der Waals surface area contributed by atoms with Crippen LogP contribution in [-0.2, 0) is 0 Å². The number of ether oxygens (including phenoxy) is 1. The van der Waals surface area contributed by atoms with E-state index in [0.29, 0.717) is 12.0 Å². The molecule has 2 atom stereocenters. The van der Waals surface area contributed by atoms with Crippen molar-refractivity contribution in [3.05, 3.63) is 101 Å². The van der Waals surface area contributed by atoms with Gasteiger partial charge in [-0.2, -0.15) is 0 Å². The fourth-order valence-corrected chi connectivity index (χ4v) is 3.68. The molecule has 3 aromatic carbocycles. The predicted octanol–water partition coefficient (Wildman–Crippen LogP) is 6.66. The van der Waals surface area contributed by atoms with Gasteiger partial charge in [0.15, 0.2) is 0 Å². The summed E-state index contributed by atoms with van der Waals surface area (Å²) in [6.07, 6.45) is 1.24. The number of hydrogen-bond donors (Lipinski definition) is 1. The molecule has 1 N–H and O–H groups in total. The topological polar surface area (TPSA) is 21.3 Å². The molecule has 29 heavy (non-hydrogen) atoms. The summed E-state index contributed by atoms with van der Waals surface area (Å²) in [5, 5.41) is 3.69. The number of nitrogens with one attached hydrogen (secondary N) is 1. The van der Waals surface area contributed by atoms with Gasteiger partial charge < -0.3 is 10.1 Å². The van der Waals surface area contributed by atoms with Crippen LogP contribution in [0, 0.1) is 6.92 Å². The van der Waals surface area contributed by atoms with E-state index in [1.54, 1.807) is 0 Å². The van der Waals surface area contributed by atoms with E-state index in [1.807, 2.05) is 0 Å². The van der Waals surface area contributed by atoms with Gasteiger partial charge >= 0.3 is 0 Å². The summed E-state index contributed by atoms with van der Waals surface area (Å²) in [6, 6.07) is 28.5. The first-order valence-electron chi connectivity index (χ1n) is 10.6. The van der Waals surface area contributed by atoms with Crippen LogP contribution in [0.4, 0.5) is 0 Å². The summed E-state index contributed by atoms with van der Waals surface area (Å²) in [5.74, 6) is 1.29. The van der Waals surface area contributed by atoms with Crippen molar-refractivity contribution in [3.8, 4) is 5.75 Å². The van der Waals surface area contributed by atoms with Crippen molar-refractivity contribution in [1.82, 2.24) is 5.32 Å². The lowest BCUT2D eigenvalue weighted by atomic mass is 9.88. The molecule has 3 aromatic rings. The summed E-state index contributed by atoms with van der Waals surface area (Å²) in [4.78, 5) is 0. The number of benzene rings is 3. The van der Waals surface area contributed by atoms with Gasteiger partial charge in [-0.15, -0.1) is 0 Å². The fourth-order valence-electron chi connectivity index (χ4n) is 3.68. The van der Waals surface area contributed by atoms with Crippen molar-refractivity contribution in [1.29, 1.82) is 0 Å². The van der Waals surface area contributed by atoms with Crippen LogP contribution in [0.2, 0.25) is 0 Å². The minimum Gasteiger partial charge on any atom is -0.491 e. The molecule has 0 fully saturated rings. The van der Waals surface area contributed by atoms with Gasteiger partial charge in [0, 0.05) is 12.0 Å². The lowest BCUT2D eigenvalue weighted by Gasteiger charge is -2.21. The Labute approximate surface area is 175 Å². The Kier molecular flexibility index (Phi) is 7.48. The minimum atomic E-state index is 0.192. The Morgan fingerprint density at radius 2 is 1.31 bits per heavy atom. The zero-order valence-corrected chi connectivity index (χ0v) is 18.1. The molecule has 3 rings (SSSR count). The lowest BCUT2D eigenvalue weighted by molar-refractivity contribution is 0.242. The van der Waals surface area contributed by atoms with E-state index in [2.05, 4.69) is 112 Å². The van der Waals surface area contributed by atoms with Gasteiger partial charge in [-0.3, -0.25) is 0 Å². The van der Waals surface area contributed by atoms with Crippen LogP contribution in [0.5, 0.6) is 5.75 Å². The van der Waals surface area contributed by atoms with Crippen molar-refractivity contribution in [2.45, 2.75) is 52.2 Å². The van der Waals surface area contributed by atoms with E-state index in [1.165, 1.54) is 22.3 Å². The Hall–Kier alpha value is -2.58. The Morgan fingerprint density at radius 1 is 0.724 bits per heavy atom. The third-order valence-electron chi connectivity index (χ3n) is 5.32.